The lowest BCUT2D eigenvalue weighted by Gasteiger charge is -2.41. The first-order chi connectivity index (χ1) is 13.0. The largest absolute Gasteiger partial charge is 0.462 e. The Bertz CT molecular complexity index is 580. The van der Waals surface area contributed by atoms with E-state index in [2.05, 4.69) is 63.0 Å². The van der Waals surface area contributed by atoms with Crippen molar-refractivity contribution >= 4 is 14.3 Å². The smallest absolute Gasteiger partial charge is 0.306 e. The highest BCUT2D eigenvalue weighted by Crippen LogP contribution is 2.39. The van der Waals surface area contributed by atoms with Crippen molar-refractivity contribution in [2.24, 2.45) is 17.0 Å². The van der Waals surface area contributed by atoms with Crippen molar-refractivity contribution < 1.29 is 14.0 Å². The van der Waals surface area contributed by atoms with E-state index in [-0.39, 0.29) is 29.1 Å². The van der Waals surface area contributed by atoms with E-state index in [1.165, 1.54) is 0 Å². The zero-order valence-electron chi connectivity index (χ0n) is 18.8. The van der Waals surface area contributed by atoms with Gasteiger partial charge in [0.25, 0.3) is 0 Å². The number of hydrogen-bond acceptors (Lipinski definition) is 4. The molecule has 0 amide bonds. The summed E-state index contributed by atoms with van der Waals surface area (Å²) < 4.78 is 12.4. The van der Waals surface area contributed by atoms with Gasteiger partial charge in [-0.15, -0.1) is 0 Å². The van der Waals surface area contributed by atoms with E-state index in [0.29, 0.717) is 25.3 Å². The van der Waals surface area contributed by atoms with Crippen LogP contribution in [0.1, 0.15) is 66.7 Å². The Morgan fingerprint density at radius 2 is 2.00 bits per heavy atom. The maximum atomic E-state index is 12.3. The van der Waals surface area contributed by atoms with Gasteiger partial charge < -0.3 is 9.16 Å². The summed E-state index contributed by atoms with van der Waals surface area (Å²) in [4.78, 5) is 15.2. The van der Waals surface area contributed by atoms with Crippen molar-refractivity contribution in [1.29, 1.82) is 0 Å². The topological polar surface area (TPSA) is 84.3 Å². The lowest BCUT2D eigenvalue weighted by molar-refractivity contribution is -0.151. The fraction of sp³-hybridized carbons (Fsp3) is 0.857. The predicted molar refractivity (Wildman–Crippen MR) is 117 cm³/mol. The molecular formula is C21H39N3O3Si. The van der Waals surface area contributed by atoms with Crippen LogP contribution < -0.4 is 0 Å². The summed E-state index contributed by atoms with van der Waals surface area (Å²) in [5.74, 6) is 0.227. The molecule has 7 heteroatoms. The summed E-state index contributed by atoms with van der Waals surface area (Å²) in [5.41, 5.74) is 8.53. The zero-order valence-corrected chi connectivity index (χ0v) is 19.8. The van der Waals surface area contributed by atoms with Crippen LogP contribution in [-0.4, -0.2) is 33.0 Å². The van der Waals surface area contributed by atoms with Crippen LogP contribution in [0.4, 0.5) is 0 Å². The Balaban J connectivity index is 2.87. The first-order valence-electron chi connectivity index (χ1n) is 10.5. The van der Waals surface area contributed by atoms with Gasteiger partial charge in [0, 0.05) is 30.4 Å². The third-order valence-electron chi connectivity index (χ3n) is 6.15. The standard InChI is InChI=1S/C21H39N3O3Si/c1-16-11-8-9-12-18(17(2)15-23-24-22)26-20(25)14-10-13-19(16)27-28(6,7)21(3,4)5/h8-9,16-19H,10-15H2,1-7H3/t16-,17?,18+,19-/m0/s1. The van der Waals surface area contributed by atoms with Crippen molar-refractivity contribution in [3.8, 4) is 0 Å². The lowest BCUT2D eigenvalue weighted by Crippen LogP contribution is -2.45. The van der Waals surface area contributed by atoms with Gasteiger partial charge in [-0.3, -0.25) is 4.79 Å². The quantitative estimate of drug-likeness (QED) is 0.132. The zero-order chi connectivity index (χ0) is 21.4. The molecule has 6 nitrogen and oxygen atoms in total. The van der Waals surface area contributed by atoms with Gasteiger partial charge in [-0.25, -0.2) is 0 Å². The average molecular weight is 410 g/mol. The second kappa shape index (κ2) is 11.0. The third-order valence-corrected chi connectivity index (χ3v) is 10.7. The molecule has 0 spiro atoms. The van der Waals surface area contributed by atoms with Crippen molar-refractivity contribution in [3.05, 3.63) is 22.6 Å². The van der Waals surface area contributed by atoms with Crippen molar-refractivity contribution in [2.75, 3.05) is 6.54 Å². The fourth-order valence-corrected chi connectivity index (χ4v) is 4.52. The highest BCUT2D eigenvalue weighted by atomic mass is 28.4. The third kappa shape index (κ3) is 7.98. The van der Waals surface area contributed by atoms with E-state index in [9.17, 15) is 4.79 Å². The molecule has 0 saturated heterocycles. The first kappa shape index (κ1) is 24.7. The number of rotatable bonds is 5. The molecule has 0 radical (unpaired) electrons. The van der Waals surface area contributed by atoms with E-state index >= 15 is 0 Å². The van der Waals surface area contributed by atoms with Gasteiger partial charge in [-0.1, -0.05) is 51.9 Å². The van der Waals surface area contributed by atoms with Crippen LogP contribution in [0, 0.1) is 11.8 Å². The molecular weight excluding hydrogens is 370 g/mol. The molecule has 1 rings (SSSR count). The number of azide groups is 1. The summed E-state index contributed by atoms with van der Waals surface area (Å²) in [6.45, 7) is 15.9. The Kier molecular flexibility index (Phi) is 9.74. The van der Waals surface area contributed by atoms with Gasteiger partial charge in [0.2, 0.25) is 0 Å². The number of carbonyl (C=O) groups is 1. The number of ether oxygens (including phenoxy) is 1. The number of cyclic esters (lactones) is 1. The molecule has 1 unspecified atom stereocenters. The summed E-state index contributed by atoms with van der Waals surface area (Å²) in [6, 6.07) is 0. The van der Waals surface area contributed by atoms with E-state index in [4.69, 9.17) is 14.7 Å². The van der Waals surface area contributed by atoms with Crippen molar-refractivity contribution in [1.82, 2.24) is 0 Å². The minimum Gasteiger partial charge on any atom is -0.462 e. The molecule has 0 aromatic rings. The number of carbonyl (C=O) groups excluding carboxylic acids is 1. The molecule has 0 bridgehead atoms. The average Bonchev–Trinajstić information content (AvgIpc) is 2.59. The Morgan fingerprint density at radius 3 is 2.61 bits per heavy atom. The van der Waals surface area contributed by atoms with Crippen LogP contribution in [0.25, 0.3) is 10.4 Å². The fourth-order valence-electron chi connectivity index (χ4n) is 3.06. The van der Waals surface area contributed by atoms with Gasteiger partial charge in [0.1, 0.15) is 6.10 Å². The monoisotopic (exact) mass is 409 g/mol. The predicted octanol–water partition coefficient (Wildman–Crippen LogP) is 6.39. The van der Waals surface area contributed by atoms with Crippen molar-refractivity contribution in [3.63, 3.8) is 0 Å². The summed E-state index contributed by atoms with van der Waals surface area (Å²) >= 11 is 0. The van der Waals surface area contributed by atoms with Crippen LogP contribution in [0.5, 0.6) is 0 Å². The van der Waals surface area contributed by atoms with Crippen LogP contribution in [-0.2, 0) is 14.0 Å². The van der Waals surface area contributed by atoms with E-state index < -0.39 is 8.32 Å². The molecule has 28 heavy (non-hydrogen) atoms. The van der Waals surface area contributed by atoms with Gasteiger partial charge in [-0.2, -0.15) is 0 Å². The number of nitrogens with zero attached hydrogens (tertiary/aromatic N) is 3. The van der Waals surface area contributed by atoms with E-state index in [1.54, 1.807) is 0 Å². The van der Waals surface area contributed by atoms with Gasteiger partial charge in [0.15, 0.2) is 8.32 Å². The number of esters is 1. The van der Waals surface area contributed by atoms with Gasteiger partial charge in [0.05, 0.1) is 0 Å². The molecule has 160 valence electrons. The second-order valence-corrected chi connectivity index (χ2v) is 14.4. The Morgan fingerprint density at radius 1 is 1.36 bits per heavy atom. The molecule has 0 aliphatic carbocycles. The van der Waals surface area contributed by atoms with E-state index in [1.807, 2.05) is 6.92 Å². The van der Waals surface area contributed by atoms with Crippen molar-refractivity contribution in [2.45, 2.75) is 97.1 Å². The minimum absolute atomic E-state index is 0.000435. The molecule has 0 saturated carbocycles. The SMILES string of the molecule is CC(CN=[N+]=[N-])[C@H]1CC=CC[C@H](C)[C@@H](O[Si](C)(C)C(C)(C)C)CCCC(=O)O1. The second-order valence-electron chi connectivity index (χ2n) is 9.65. The van der Waals surface area contributed by atoms with E-state index in [0.717, 1.165) is 19.3 Å². The van der Waals surface area contributed by atoms with Gasteiger partial charge in [-0.05, 0) is 54.8 Å². The molecule has 1 heterocycles. The molecule has 1 aliphatic rings. The maximum Gasteiger partial charge on any atom is 0.306 e. The van der Waals surface area contributed by atoms with Crippen LogP contribution in [0.15, 0.2) is 17.3 Å². The number of hydrogen-bond donors (Lipinski definition) is 0. The molecule has 1 aliphatic heterocycles. The summed E-state index contributed by atoms with van der Waals surface area (Å²) in [5, 5.41) is 3.80. The molecule has 0 fully saturated rings. The Labute approximate surface area is 171 Å². The summed E-state index contributed by atoms with van der Waals surface area (Å²) in [7, 11) is -1.86. The van der Waals surface area contributed by atoms with Crippen LogP contribution in [0.2, 0.25) is 18.1 Å². The normalized spacial score (nSPS) is 26.4. The first-order valence-corrected chi connectivity index (χ1v) is 13.4. The molecule has 0 N–H and O–H groups in total. The molecule has 0 aromatic carbocycles. The summed E-state index contributed by atoms with van der Waals surface area (Å²) in [6.07, 6.45) is 7.82. The highest BCUT2D eigenvalue weighted by molar-refractivity contribution is 6.74. The Hall–Kier alpha value is -1.30. The molecule has 4 atom stereocenters. The minimum atomic E-state index is -1.86. The maximum absolute atomic E-state index is 12.3. The number of allylic oxidation sites excluding steroid dienone is 1. The van der Waals surface area contributed by atoms with Gasteiger partial charge >= 0.3 is 5.97 Å². The van der Waals surface area contributed by atoms with Crippen LogP contribution in [0.3, 0.4) is 0 Å². The molecule has 0 aromatic heterocycles. The van der Waals surface area contributed by atoms with Crippen LogP contribution >= 0.6 is 0 Å². The lowest BCUT2D eigenvalue weighted by atomic mass is 9.95. The highest BCUT2D eigenvalue weighted by Gasteiger charge is 2.40.